The molecule has 3 rings (SSSR count). The molecule has 0 saturated carbocycles. The van der Waals surface area contributed by atoms with Crippen molar-refractivity contribution in [2.45, 2.75) is 0 Å². The second-order valence-electron chi connectivity index (χ2n) is 4.68. The summed E-state index contributed by atoms with van der Waals surface area (Å²) in [6.45, 7) is 0. The number of benzene rings is 2. The number of cyclic esters (lactones) is 1. The minimum atomic E-state index is -0.624. The van der Waals surface area contributed by atoms with Crippen LogP contribution >= 0.6 is 11.6 Å². The first-order valence-corrected chi connectivity index (χ1v) is 6.96. The Morgan fingerprint density at radius 2 is 1.73 bits per heavy atom. The third kappa shape index (κ3) is 2.65. The molecule has 1 aliphatic heterocycles. The summed E-state index contributed by atoms with van der Waals surface area (Å²) in [6, 6.07) is 18.3. The molecule has 2 aromatic carbocycles. The highest BCUT2D eigenvalue weighted by Gasteiger charge is 2.30. The molecule has 0 saturated heterocycles. The van der Waals surface area contributed by atoms with E-state index >= 15 is 0 Å². The second-order valence-corrected chi connectivity index (χ2v) is 5.11. The van der Waals surface area contributed by atoms with Crippen LogP contribution in [0.4, 0.5) is 0 Å². The molecule has 0 spiro atoms. The topological polar surface area (TPSA) is 50.1 Å². The van der Waals surface area contributed by atoms with E-state index in [1.165, 1.54) is 0 Å². The van der Waals surface area contributed by atoms with Crippen LogP contribution in [0.25, 0.3) is 11.6 Å². The maximum Gasteiger partial charge on any atom is 0.355 e. The number of hydrogen-bond acceptors (Lipinski definition) is 3. The van der Waals surface area contributed by atoms with Crippen molar-refractivity contribution in [2.24, 2.45) is 0 Å². The van der Waals surface area contributed by atoms with E-state index in [0.717, 1.165) is 11.1 Å². The van der Waals surface area contributed by atoms with Gasteiger partial charge in [-0.15, -0.1) is 0 Å². The monoisotopic (exact) mass is 307 g/mol. The molecule has 0 atom stereocenters. The fourth-order valence-electron chi connectivity index (χ4n) is 2.23. The predicted octanol–water partition coefficient (Wildman–Crippen LogP) is 4.22. The summed E-state index contributed by atoms with van der Waals surface area (Å²) in [5.41, 5.74) is 2.14. The molecule has 106 valence electrons. The van der Waals surface area contributed by atoms with E-state index in [4.69, 9.17) is 16.3 Å². The Bertz CT molecular complexity index is 828. The quantitative estimate of drug-likeness (QED) is 0.781. The first-order chi connectivity index (χ1) is 10.7. The van der Waals surface area contributed by atoms with Crippen molar-refractivity contribution in [3.63, 3.8) is 0 Å². The summed E-state index contributed by atoms with van der Waals surface area (Å²) in [5, 5.41) is 9.86. The minimum Gasteiger partial charge on any atom is -0.422 e. The maximum absolute atomic E-state index is 11.9. The Labute approximate surface area is 132 Å². The number of nitrogens with zero attached hydrogens (tertiary/aromatic N) is 1. The first-order valence-electron chi connectivity index (χ1n) is 6.58. The van der Waals surface area contributed by atoms with Crippen molar-refractivity contribution in [3.05, 3.63) is 82.1 Å². The lowest BCUT2D eigenvalue weighted by atomic mass is 9.99. The van der Waals surface area contributed by atoms with Gasteiger partial charge in [0.15, 0.2) is 0 Å². The van der Waals surface area contributed by atoms with Gasteiger partial charge < -0.3 is 4.74 Å². The van der Waals surface area contributed by atoms with Gasteiger partial charge in [-0.25, -0.2) is 4.79 Å². The first kappa shape index (κ1) is 14.1. The molecule has 0 N–H and O–H groups in total. The smallest absolute Gasteiger partial charge is 0.355 e. The van der Waals surface area contributed by atoms with E-state index in [0.29, 0.717) is 16.4 Å². The SMILES string of the molecule is N#CC1=C(c2ccccc2)C(=Cc2ccc(Cl)cc2)OC1=O. The second kappa shape index (κ2) is 5.88. The molecule has 2 aromatic rings. The van der Waals surface area contributed by atoms with E-state index in [1.54, 1.807) is 18.2 Å². The normalized spacial score (nSPS) is 15.8. The van der Waals surface area contributed by atoms with Gasteiger partial charge in [0.2, 0.25) is 0 Å². The van der Waals surface area contributed by atoms with Crippen LogP contribution in [0, 0.1) is 11.3 Å². The molecule has 0 aromatic heterocycles. The van der Waals surface area contributed by atoms with Crippen molar-refractivity contribution in [3.8, 4) is 6.07 Å². The number of carbonyl (C=O) groups excluding carboxylic acids is 1. The van der Waals surface area contributed by atoms with E-state index in [2.05, 4.69) is 0 Å². The highest BCUT2D eigenvalue weighted by Crippen LogP contribution is 2.35. The van der Waals surface area contributed by atoms with E-state index < -0.39 is 5.97 Å². The zero-order valence-corrected chi connectivity index (χ0v) is 12.2. The van der Waals surface area contributed by atoms with Gasteiger partial charge in [-0.05, 0) is 29.3 Å². The summed E-state index contributed by atoms with van der Waals surface area (Å²) < 4.78 is 5.26. The van der Waals surface area contributed by atoms with Gasteiger partial charge in [0.1, 0.15) is 17.4 Å². The number of carbonyl (C=O) groups is 1. The van der Waals surface area contributed by atoms with Gasteiger partial charge in [0, 0.05) is 10.6 Å². The zero-order valence-electron chi connectivity index (χ0n) is 11.4. The summed E-state index contributed by atoms with van der Waals surface area (Å²) in [6.07, 6.45) is 1.72. The average molecular weight is 308 g/mol. The summed E-state index contributed by atoms with van der Waals surface area (Å²) in [4.78, 5) is 11.9. The molecule has 3 nitrogen and oxygen atoms in total. The van der Waals surface area contributed by atoms with Gasteiger partial charge in [0.05, 0.1) is 0 Å². The molecule has 4 heteroatoms. The number of allylic oxidation sites excluding steroid dienone is 1. The molecule has 0 amide bonds. The number of rotatable bonds is 2. The van der Waals surface area contributed by atoms with Crippen LogP contribution in [0.2, 0.25) is 5.02 Å². The van der Waals surface area contributed by atoms with Gasteiger partial charge in [-0.2, -0.15) is 5.26 Å². The van der Waals surface area contributed by atoms with E-state index in [-0.39, 0.29) is 5.57 Å². The fourth-order valence-corrected chi connectivity index (χ4v) is 2.36. The highest BCUT2D eigenvalue weighted by atomic mass is 35.5. The van der Waals surface area contributed by atoms with Crippen LogP contribution in [0.5, 0.6) is 0 Å². The van der Waals surface area contributed by atoms with E-state index in [9.17, 15) is 10.1 Å². The molecule has 0 radical (unpaired) electrons. The number of halogens is 1. The molecule has 1 heterocycles. The number of ether oxygens (including phenoxy) is 1. The predicted molar refractivity (Wildman–Crippen MR) is 84.5 cm³/mol. The lowest BCUT2D eigenvalue weighted by Gasteiger charge is -2.05. The van der Waals surface area contributed by atoms with Crippen molar-refractivity contribution in [1.82, 2.24) is 0 Å². The Balaban J connectivity index is 2.12. The summed E-state index contributed by atoms with van der Waals surface area (Å²) >= 11 is 5.86. The van der Waals surface area contributed by atoms with Gasteiger partial charge in [-0.1, -0.05) is 54.1 Å². The third-order valence-corrected chi connectivity index (χ3v) is 3.50. The standard InChI is InChI=1S/C18H10ClNO2/c19-14-8-6-12(7-9-14)10-16-17(13-4-2-1-3-5-13)15(11-20)18(21)22-16/h1-10H. The molecule has 1 aliphatic rings. The van der Waals surface area contributed by atoms with Crippen LogP contribution in [0.15, 0.2) is 65.9 Å². The van der Waals surface area contributed by atoms with Gasteiger partial charge >= 0.3 is 5.97 Å². The van der Waals surface area contributed by atoms with Crippen molar-refractivity contribution in [2.75, 3.05) is 0 Å². The van der Waals surface area contributed by atoms with Crippen LogP contribution in [0.1, 0.15) is 11.1 Å². The maximum atomic E-state index is 11.9. The number of nitriles is 1. The number of hydrogen-bond donors (Lipinski definition) is 0. The molecule has 0 unspecified atom stereocenters. The van der Waals surface area contributed by atoms with Crippen molar-refractivity contribution < 1.29 is 9.53 Å². The van der Waals surface area contributed by atoms with Gasteiger partial charge in [0.25, 0.3) is 0 Å². The zero-order chi connectivity index (χ0) is 15.5. The summed E-state index contributed by atoms with van der Waals surface area (Å²) in [5.74, 6) is -0.253. The molecule has 0 bridgehead atoms. The van der Waals surface area contributed by atoms with Crippen molar-refractivity contribution in [1.29, 1.82) is 5.26 Å². The molecular formula is C18H10ClNO2. The minimum absolute atomic E-state index is 0.0198. The van der Waals surface area contributed by atoms with Crippen LogP contribution < -0.4 is 0 Å². The Morgan fingerprint density at radius 1 is 1.05 bits per heavy atom. The third-order valence-electron chi connectivity index (χ3n) is 3.25. The Kier molecular flexibility index (Phi) is 3.78. The average Bonchev–Trinajstić information content (AvgIpc) is 2.85. The van der Waals surface area contributed by atoms with Crippen LogP contribution in [0.3, 0.4) is 0 Å². The molecule has 0 fully saturated rings. The van der Waals surface area contributed by atoms with E-state index in [1.807, 2.05) is 48.5 Å². The number of esters is 1. The van der Waals surface area contributed by atoms with Crippen LogP contribution in [-0.2, 0) is 9.53 Å². The fraction of sp³-hybridized carbons (Fsp3) is 0. The molecule has 0 aliphatic carbocycles. The van der Waals surface area contributed by atoms with Gasteiger partial charge in [-0.3, -0.25) is 0 Å². The lowest BCUT2D eigenvalue weighted by molar-refractivity contribution is -0.132. The summed E-state index contributed by atoms with van der Waals surface area (Å²) in [7, 11) is 0. The molecule has 22 heavy (non-hydrogen) atoms. The van der Waals surface area contributed by atoms with Crippen LogP contribution in [-0.4, -0.2) is 5.97 Å². The molecular weight excluding hydrogens is 298 g/mol. The highest BCUT2D eigenvalue weighted by molar-refractivity contribution is 6.30. The lowest BCUT2D eigenvalue weighted by Crippen LogP contribution is -1.96. The van der Waals surface area contributed by atoms with Crippen molar-refractivity contribution >= 4 is 29.2 Å². The largest absolute Gasteiger partial charge is 0.422 e. The Hall–Kier alpha value is -2.83. The Morgan fingerprint density at radius 3 is 2.36 bits per heavy atom.